The number of halogens is 1. The Balaban J connectivity index is 1.86. The second kappa shape index (κ2) is 8.24. The number of phenolic OH excluding ortho intramolecular Hbond substituents is 1. The summed E-state index contributed by atoms with van der Waals surface area (Å²) in [4.78, 5) is 12.5. The Kier molecular flexibility index (Phi) is 5.66. The Hall–Kier alpha value is -2.64. The number of thioether (sulfide) groups is 1. The molecule has 30 heavy (non-hydrogen) atoms. The fourth-order valence-corrected chi connectivity index (χ4v) is 4.87. The summed E-state index contributed by atoms with van der Waals surface area (Å²) in [6.45, 7) is 6.19. The second-order valence-corrected chi connectivity index (χ2v) is 8.59. The minimum Gasteiger partial charge on any atom is -0.504 e. The average molecular weight is 444 g/mol. The Morgan fingerprint density at radius 3 is 2.83 bits per heavy atom. The van der Waals surface area contributed by atoms with Gasteiger partial charge in [0.15, 0.2) is 11.5 Å². The highest BCUT2D eigenvalue weighted by Crippen LogP contribution is 2.45. The number of anilines is 1. The lowest BCUT2D eigenvalue weighted by Gasteiger charge is -2.17. The molecule has 1 aliphatic rings. The van der Waals surface area contributed by atoms with Crippen LogP contribution in [0.25, 0.3) is 5.69 Å². The van der Waals surface area contributed by atoms with Gasteiger partial charge in [0.1, 0.15) is 5.82 Å². The van der Waals surface area contributed by atoms with Crippen LogP contribution in [0.2, 0.25) is 5.02 Å². The third kappa shape index (κ3) is 3.75. The van der Waals surface area contributed by atoms with Crippen LogP contribution in [0.1, 0.15) is 34.6 Å². The predicted molar refractivity (Wildman–Crippen MR) is 120 cm³/mol. The molecule has 1 aliphatic heterocycles. The molecule has 3 aromatic rings. The van der Waals surface area contributed by atoms with Gasteiger partial charge in [-0.1, -0.05) is 23.7 Å². The Morgan fingerprint density at radius 1 is 1.30 bits per heavy atom. The number of carbonyl (C=O) groups excluding carboxylic acids is 1. The molecule has 156 valence electrons. The summed E-state index contributed by atoms with van der Waals surface area (Å²) in [6.07, 6.45) is 0. The monoisotopic (exact) mass is 443 g/mol. The van der Waals surface area contributed by atoms with E-state index in [-0.39, 0.29) is 16.9 Å². The van der Waals surface area contributed by atoms with E-state index in [1.807, 2.05) is 51.1 Å². The lowest BCUT2D eigenvalue weighted by molar-refractivity contribution is -0.113. The topological polar surface area (TPSA) is 76.4 Å². The van der Waals surface area contributed by atoms with Gasteiger partial charge < -0.3 is 15.2 Å². The molecule has 0 bridgehead atoms. The number of carbonyl (C=O) groups is 1. The number of amides is 1. The Bertz CT molecular complexity index is 1130. The summed E-state index contributed by atoms with van der Waals surface area (Å²) in [5, 5.41) is 18.3. The van der Waals surface area contributed by atoms with Gasteiger partial charge in [-0.15, -0.1) is 11.8 Å². The van der Waals surface area contributed by atoms with E-state index in [1.54, 1.807) is 10.7 Å². The van der Waals surface area contributed by atoms with Gasteiger partial charge in [-0.25, -0.2) is 4.68 Å². The molecule has 0 spiro atoms. The lowest BCUT2D eigenvalue weighted by Crippen LogP contribution is -2.15. The summed E-state index contributed by atoms with van der Waals surface area (Å²) >= 11 is 7.85. The standard InChI is InChI=1S/C22H22ClN3O3S/c1-4-29-18-9-14(6-8-17(18)27)21-20-13(3)25-26(22(20)24-19(28)11-30-21)15-7-5-12(2)16(23)10-15/h5-10,21,27H,4,11H2,1-3H3,(H,24,28). The number of hydrogen-bond acceptors (Lipinski definition) is 5. The number of aromatic nitrogens is 2. The number of rotatable bonds is 4. The normalized spacial score (nSPS) is 16.0. The largest absolute Gasteiger partial charge is 0.504 e. The quantitative estimate of drug-likeness (QED) is 0.592. The van der Waals surface area contributed by atoms with Crippen LogP contribution in [-0.4, -0.2) is 33.2 Å². The van der Waals surface area contributed by atoms with Crippen LogP contribution in [-0.2, 0) is 4.79 Å². The maximum Gasteiger partial charge on any atom is 0.235 e. The first-order valence-corrected chi connectivity index (χ1v) is 11.0. The molecule has 1 atom stereocenters. The smallest absolute Gasteiger partial charge is 0.235 e. The van der Waals surface area contributed by atoms with Gasteiger partial charge in [0.05, 0.1) is 29.0 Å². The van der Waals surface area contributed by atoms with Crippen molar-refractivity contribution >= 4 is 35.1 Å². The zero-order valence-corrected chi connectivity index (χ0v) is 18.5. The van der Waals surface area contributed by atoms with Crippen LogP contribution < -0.4 is 10.1 Å². The maximum absolute atomic E-state index is 12.5. The van der Waals surface area contributed by atoms with Crippen LogP contribution in [0.15, 0.2) is 36.4 Å². The molecule has 0 fully saturated rings. The van der Waals surface area contributed by atoms with Crippen LogP contribution in [0, 0.1) is 13.8 Å². The fourth-order valence-electron chi connectivity index (χ4n) is 3.51. The maximum atomic E-state index is 12.5. The molecule has 1 aromatic heterocycles. The highest BCUT2D eigenvalue weighted by atomic mass is 35.5. The van der Waals surface area contributed by atoms with Gasteiger partial charge in [-0.05, 0) is 56.2 Å². The summed E-state index contributed by atoms with van der Waals surface area (Å²) in [5.41, 5.74) is 4.42. The van der Waals surface area contributed by atoms with E-state index in [1.165, 1.54) is 11.8 Å². The van der Waals surface area contributed by atoms with Gasteiger partial charge >= 0.3 is 0 Å². The number of ether oxygens (including phenoxy) is 1. The first kappa shape index (κ1) is 20.6. The van der Waals surface area contributed by atoms with Crippen molar-refractivity contribution in [3.63, 3.8) is 0 Å². The number of fused-ring (bicyclic) bond motifs is 1. The minimum atomic E-state index is -0.145. The van der Waals surface area contributed by atoms with Crippen molar-refractivity contribution in [3.05, 3.63) is 63.8 Å². The van der Waals surface area contributed by atoms with Gasteiger partial charge in [0, 0.05) is 10.6 Å². The van der Waals surface area contributed by atoms with Crippen molar-refractivity contribution in [1.29, 1.82) is 0 Å². The summed E-state index contributed by atoms with van der Waals surface area (Å²) in [5.74, 6) is 1.37. The van der Waals surface area contributed by atoms with E-state index in [4.69, 9.17) is 21.4 Å². The van der Waals surface area contributed by atoms with Crippen molar-refractivity contribution in [3.8, 4) is 17.2 Å². The molecule has 8 heteroatoms. The van der Waals surface area contributed by atoms with Gasteiger partial charge in [-0.3, -0.25) is 4.79 Å². The molecule has 2 N–H and O–H groups in total. The average Bonchev–Trinajstić information content (AvgIpc) is 2.91. The van der Waals surface area contributed by atoms with Crippen molar-refractivity contribution in [1.82, 2.24) is 9.78 Å². The van der Waals surface area contributed by atoms with Crippen LogP contribution in [0.4, 0.5) is 5.82 Å². The van der Waals surface area contributed by atoms with Gasteiger partial charge in [-0.2, -0.15) is 5.10 Å². The molecule has 2 heterocycles. The molecular formula is C22H22ClN3O3S. The predicted octanol–water partition coefficient (Wildman–Crippen LogP) is 5.02. The molecule has 1 unspecified atom stereocenters. The molecule has 4 rings (SSSR count). The fraction of sp³-hybridized carbons (Fsp3) is 0.273. The molecule has 0 aliphatic carbocycles. The molecule has 1 amide bonds. The van der Waals surface area contributed by atoms with Crippen molar-refractivity contribution in [2.45, 2.75) is 26.0 Å². The number of benzene rings is 2. The lowest BCUT2D eigenvalue weighted by atomic mass is 10.0. The number of hydrogen-bond donors (Lipinski definition) is 2. The third-order valence-corrected chi connectivity index (χ3v) is 6.67. The first-order chi connectivity index (χ1) is 14.4. The van der Waals surface area contributed by atoms with E-state index in [9.17, 15) is 9.90 Å². The number of nitrogens with one attached hydrogen (secondary N) is 1. The van der Waals surface area contributed by atoms with E-state index in [2.05, 4.69) is 5.32 Å². The third-order valence-electron chi connectivity index (χ3n) is 4.99. The van der Waals surface area contributed by atoms with Crippen LogP contribution >= 0.6 is 23.4 Å². The zero-order valence-electron chi connectivity index (χ0n) is 16.9. The molecule has 0 radical (unpaired) electrons. The molecule has 0 saturated heterocycles. The SMILES string of the molecule is CCOc1cc(C2SCC(=O)Nc3c2c(C)nn3-c2ccc(C)c(Cl)c2)ccc1O. The van der Waals surface area contributed by atoms with Gasteiger partial charge in [0.25, 0.3) is 0 Å². The molecule has 2 aromatic carbocycles. The first-order valence-electron chi connectivity index (χ1n) is 9.62. The minimum absolute atomic E-state index is 0.0908. The van der Waals surface area contributed by atoms with Crippen molar-refractivity contribution in [2.75, 3.05) is 17.7 Å². The molecule has 6 nitrogen and oxygen atoms in total. The summed E-state index contributed by atoms with van der Waals surface area (Å²) in [6, 6.07) is 11.0. The second-order valence-electron chi connectivity index (χ2n) is 7.09. The summed E-state index contributed by atoms with van der Waals surface area (Å²) < 4.78 is 7.29. The van der Waals surface area contributed by atoms with E-state index in [0.717, 1.165) is 28.1 Å². The zero-order chi connectivity index (χ0) is 21.4. The number of aromatic hydroxyl groups is 1. The Morgan fingerprint density at radius 2 is 2.10 bits per heavy atom. The van der Waals surface area contributed by atoms with E-state index in [0.29, 0.717) is 28.9 Å². The van der Waals surface area contributed by atoms with E-state index >= 15 is 0 Å². The molecule has 0 saturated carbocycles. The number of aryl methyl sites for hydroxylation is 2. The van der Waals surface area contributed by atoms with Crippen molar-refractivity contribution < 1.29 is 14.6 Å². The number of nitrogens with zero attached hydrogens (tertiary/aromatic N) is 2. The van der Waals surface area contributed by atoms with E-state index < -0.39 is 0 Å². The molecular weight excluding hydrogens is 422 g/mol. The Labute approximate surface area is 184 Å². The highest BCUT2D eigenvalue weighted by molar-refractivity contribution is 8.00. The summed E-state index contributed by atoms with van der Waals surface area (Å²) in [7, 11) is 0. The highest BCUT2D eigenvalue weighted by Gasteiger charge is 2.31. The van der Waals surface area contributed by atoms with Gasteiger partial charge in [0.2, 0.25) is 5.91 Å². The van der Waals surface area contributed by atoms with Crippen LogP contribution in [0.3, 0.4) is 0 Å². The van der Waals surface area contributed by atoms with Crippen molar-refractivity contribution in [2.24, 2.45) is 0 Å². The van der Waals surface area contributed by atoms with Crippen LogP contribution in [0.5, 0.6) is 11.5 Å². The number of phenols is 1.